The Morgan fingerprint density at radius 1 is 0.323 bits per heavy atom. The van der Waals surface area contributed by atoms with Gasteiger partial charge in [0.2, 0.25) is 0 Å². The fourth-order valence-electron chi connectivity index (χ4n) is 9.59. The number of likely N-dealkylation sites (N-methyl/N-ethyl adjacent to an activating group) is 1. The highest BCUT2D eigenvalue weighted by Gasteiger charge is 2.22. The molecule has 0 aromatic carbocycles. The van der Waals surface area contributed by atoms with E-state index < -0.39 is 24.3 Å². The maximum Gasteiger partial charge on any atom is 0.306 e. The molecule has 0 aliphatic heterocycles. The Morgan fingerprint density at radius 3 is 0.860 bits per heavy atom. The summed E-state index contributed by atoms with van der Waals surface area (Å²) < 4.78 is 22.8. The quantitative estimate of drug-likeness (QED) is 0.0195. The summed E-state index contributed by atoms with van der Waals surface area (Å²) in [5.41, 5.74) is 0. The second-order valence-electron chi connectivity index (χ2n) is 25.1. The average molecular weight is 1290 g/mol. The zero-order valence-corrected chi connectivity index (χ0v) is 59.8. The first-order valence-corrected chi connectivity index (χ1v) is 36.9. The van der Waals surface area contributed by atoms with Gasteiger partial charge in [0, 0.05) is 12.8 Å². The monoisotopic (exact) mass is 1290 g/mol. The summed E-state index contributed by atoms with van der Waals surface area (Å²) in [4.78, 5) is 37.6. The second kappa shape index (κ2) is 72.2. The van der Waals surface area contributed by atoms with Crippen molar-refractivity contribution >= 4 is 17.9 Å². The summed E-state index contributed by atoms with van der Waals surface area (Å²) >= 11 is 0. The van der Waals surface area contributed by atoms with Gasteiger partial charge in [-0.05, 0) is 135 Å². The molecule has 2 atom stereocenters. The van der Waals surface area contributed by atoms with E-state index in [2.05, 4.69) is 196 Å². The van der Waals surface area contributed by atoms with Crippen LogP contribution in [0.1, 0.15) is 271 Å². The van der Waals surface area contributed by atoms with E-state index in [1.54, 1.807) is 0 Å². The third-order valence-electron chi connectivity index (χ3n) is 15.1. The summed E-state index contributed by atoms with van der Waals surface area (Å²) in [7, 11) is 5.92. The number of carboxylic acid groups (broad SMARTS) is 1. The molecule has 0 aromatic heterocycles. The van der Waals surface area contributed by atoms with Gasteiger partial charge >= 0.3 is 11.9 Å². The minimum atomic E-state index is -1.64. The van der Waals surface area contributed by atoms with Crippen molar-refractivity contribution in [1.82, 2.24) is 0 Å². The van der Waals surface area contributed by atoms with Gasteiger partial charge in [-0.15, -0.1) is 0 Å². The first kappa shape index (κ1) is 87.4. The van der Waals surface area contributed by atoms with E-state index in [0.29, 0.717) is 17.4 Å². The van der Waals surface area contributed by atoms with Crippen molar-refractivity contribution in [2.45, 2.75) is 283 Å². The molecule has 93 heavy (non-hydrogen) atoms. The lowest BCUT2D eigenvalue weighted by atomic mass is 10.0. The highest BCUT2D eigenvalue weighted by Crippen LogP contribution is 2.16. The molecule has 2 unspecified atom stereocenters. The minimum absolute atomic E-state index is 0.137. The number of nitrogens with zero attached hydrogens (tertiary/aromatic N) is 1. The molecule has 0 amide bonds. The lowest BCUT2D eigenvalue weighted by molar-refractivity contribution is -0.870. The molecule has 0 radical (unpaired) electrons. The van der Waals surface area contributed by atoms with Crippen molar-refractivity contribution in [1.29, 1.82) is 0 Å². The molecule has 0 saturated carbocycles. The topological polar surface area (TPSA) is 111 Å². The predicted octanol–water partition coefficient (Wildman–Crippen LogP) is 22.2. The minimum Gasteiger partial charge on any atom is -0.545 e. The fraction of sp³-hybridized carbons (Fsp3) is 0.607. The highest BCUT2D eigenvalue weighted by atomic mass is 16.7. The van der Waals surface area contributed by atoms with Gasteiger partial charge in [-0.2, -0.15) is 0 Å². The van der Waals surface area contributed by atoms with E-state index in [9.17, 15) is 19.5 Å². The van der Waals surface area contributed by atoms with Crippen molar-refractivity contribution in [2.75, 3.05) is 47.5 Å². The standard InChI is InChI=1S/C84H135NO8/c1-6-8-10-12-14-16-18-20-22-24-26-28-30-32-34-36-38-39-40-41-42-43-45-47-49-51-53-55-57-59-61-63-65-67-69-71-73-75-82(87)93-80(79-92-84(83(88)89)90-77-76-85(3,4)5)78-91-81(86)74-72-70-68-66-64-62-60-58-56-54-52-50-48-46-44-37-35-33-31-29-27-25-23-21-19-17-15-13-11-9-7-2/h8-11,14-17,20-23,26-29,32-35,38-39,41-42,44-47,50,52,80,84H,6-7,12-13,18-19,24-25,30-31,36-37,40,43,48-49,51,53-79H2,1-5H3/b10-8-,11-9-,16-14-,17-15-,22-20-,23-21-,28-26-,29-27-,34-32-,35-33-,39-38-,42-41-,46-44-,47-45-,52-50-. The van der Waals surface area contributed by atoms with E-state index in [1.165, 1.54) is 83.5 Å². The Balaban J connectivity index is 4.17. The van der Waals surface area contributed by atoms with Crippen LogP contribution in [-0.2, 0) is 33.3 Å². The van der Waals surface area contributed by atoms with E-state index in [0.717, 1.165) is 154 Å². The third-order valence-corrected chi connectivity index (χ3v) is 15.1. The van der Waals surface area contributed by atoms with Gasteiger partial charge in [0.25, 0.3) is 0 Å². The number of rotatable bonds is 66. The van der Waals surface area contributed by atoms with Crippen molar-refractivity contribution in [3.05, 3.63) is 182 Å². The van der Waals surface area contributed by atoms with Crippen LogP contribution in [0.3, 0.4) is 0 Å². The van der Waals surface area contributed by atoms with Crippen LogP contribution in [0.5, 0.6) is 0 Å². The maximum absolute atomic E-state index is 13.0. The number of carbonyl (C=O) groups excluding carboxylic acids is 3. The maximum atomic E-state index is 13.0. The van der Waals surface area contributed by atoms with Gasteiger partial charge in [0.15, 0.2) is 12.4 Å². The second-order valence-corrected chi connectivity index (χ2v) is 25.1. The molecule has 0 aliphatic carbocycles. The average Bonchev–Trinajstić information content (AvgIpc) is 3.73. The summed E-state index contributed by atoms with van der Waals surface area (Å²) in [5, 5.41) is 11.8. The number of esters is 2. The van der Waals surface area contributed by atoms with E-state index in [1.807, 2.05) is 21.1 Å². The molecule has 0 fully saturated rings. The number of aliphatic carboxylic acids is 1. The van der Waals surface area contributed by atoms with Gasteiger partial charge in [-0.1, -0.05) is 305 Å². The summed E-state index contributed by atoms with van der Waals surface area (Å²) in [6.07, 6.45) is 107. The van der Waals surface area contributed by atoms with Crippen LogP contribution >= 0.6 is 0 Å². The molecule has 0 aliphatic rings. The van der Waals surface area contributed by atoms with Gasteiger partial charge in [-0.25, -0.2) is 0 Å². The molecular formula is C84H135NO8. The number of carboxylic acids is 1. The Bertz CT molecular complexity index is 2190. The van der Waals surface area contributed by atoms with Crippen LogP contribution < -0.4 is 5.11 Å². The van der Waals surface area contributed by atoms with Crippen LogP contribution in [0.2, 0.25) is 0 Å². The Labute approximate surface area is 570 Å². The number of carbonyl (C=O) groups is 3. The Kier molecular flexibility index (Phi) is 67.9. The van der Waals surface area contributed by atoms with E-state index >= 15 is 0 Å². The van der Waals surface area contributed by atoms with Crippen molar-refractivity contribution < 1.29 is 42.9 Å². The van der Waals surface area contributed by atoms with Gasteiger partial charge < -0.3 is 33.3 Å². The van der Waals surface area contributed by atoms with Crippen LogP contribution in [0.25, 0.3) is 0 Å². The number of quaternary nitrogens is 1. The normalized spacial score (nSPS) is 13.8. The molecule has 9 heteroatoms. The Morgan fingerprint density at radius 2 is 0.581 bits per heavy atom. The zero-order valence-electron chi connectivity index (χ0n) is 59.8. The van der Waals surface area contributed by atoms with Crippen LogP contribution in [0, 0.1) is 0 Å². The van der Waals surface area contributed by atoms with Crippen molar-refractivity contribution in [3.63, 3.8) is 0 Å². The molecule has 0 saturated heterocycles. The van der Waals surface area contributed by atoms with Gasteiger partial charge in [0.05, 0.1) is 40.3 Å². The van der Waals surface area contributed by atoms with Crippen LogP contribution in [0.15, 0.2) is 182 Å². The van der Waals surface area contributed by atoms with Crippen molar-refractivity contribution in [3.8, 4) is 0 Å². The largest absolute Gasteiger partial charge is 0.545 e. The lowest BCUT2D eigenvalue weighted by Gasteiger charge is -2.26. The third kappa shape index (κ3) is 73.7. The highest BCUT2D eigenvalue weighted by molar-refractivity contribution is 5.70. The number of hydrogen-bond donors (Lipinski definition) is 0. The summed E-state index contributed by atoms with van der Waals surface area (Å²) in [6.45, 7) is 4.50. The molecule has 0 rings (SSSR count). The molecule has 9 nitrogen and oxygen atoms in total. The molecule has 0 spiro atoms. The molecular weight excluding hydrogens is 1150 g/mol. The molecule has 0 aromatic rings. The van der Waals surface area contributed by atoms with Gasteiger partial charge in [-0.3, -0.25) is 9.59 Å². The smallest absolute Gasteiger partial charge is 0.306 e. The summed E-state index contributed by atoms with van der Waals surface area (Å²) in [6, 6.07) is 0. The molecule has 0 N–H and O–H groups in total. The number of ether oxygens (including phenoxy) is 4. The zero-order chi connectivity index (χ0) is 67.5. The molecule has 0 bridgehead atoms. The van der Waals surface area contributed by atoms with E-state index in [-0.39, 0.29) is 38.6 Å². The number of unbranched alkanes of at least 4 members (excludes halogenated alkanes) is 21. The van der Waals surface area contributed by atoms with Gasteiger partial charge in [0.1, 0.15) is 13.2 Å². The SMILES string of the molecule is CC/C=C\C/C=C\C/C=C\C/C=C\C/C=C\C/C=C\C/C=C\C/C=C\CCCCCCCCCCCCCCC(=O)OC(COC(=O)CCCCCCCCCCC/C=C\C/C=C\C/C=C\C/C=C\C/C=C\C/C=C\C/C=C\CC)COC(OCC[N+](C)(C)C)C(=O)[O-]. The molecule has 524 valence electrons. The predicted molar refractivity (Wildman–Crippen MR) is 398 cm³/mol. The number of allylic oxidation sites excluding steroid dienone is 30. The number of hydrogen-bond acceptors (Lipinski definition) is 8. The lowest BCUT2D eigenvalue weighted by Crippen LogP contribution is -2.44. The Hall–Kier alpha value is -5.61. The summed E-state index contributed by atoms with van der Waals surface area (Å²) in [5.74, 6) is -2.31. The fourth-order valence-corrected chi connectivity index (χ4v) is 9.59. The van der Waals surface area contributed by atoms with E-state index in [4.69, 9.17) is 18.9 Å². The van der Waals surface area contributed by atoms with Crippen LogP contribution in [-0.4, -0.2) is 82.3 Å². The van der Waals surface area contributed by atoms with Crippen molar-refractivity contribution in [2.24, 2.45) is 0 Å². The first-order valence-electron chi connectivity index (χ1n) is 36.9. The first-order chi connectivity index (χ1) is 45.6. The molecule has 0 heterocycles. The van der Waals surface area contributed by atoms with Crippen LogP contribution in [0.4, 0.5) is 0 Å².